The van der Waals surface area contributed by atoms with Crippen LogP contribution < -0.4 is 0 Å². The maximum atomic E-state index is 12.6. The molecule has 0 amide bonds. The van der Waals surface area contributed by atoms with Gasteiger partial charge in [-0.3, -0.25) is 18.6 Å². The summed E-state index contributed by atoms with van der Waals surface area (Å²) in [5, 5.41) is 0. The fraction of sp³-hybridized carbons (Fsp3) is 0.959. The molecule has 2 unspecified atom stereocenters. The van der Waals surface area contributed by atoms with Gasteiger partial charge in [-0.15, -0.1) is 0 Å². The zero-order valence-corrected chi connectivity index (χ0v) is 39.6. The van der Waals surface area contributed by atoms with Gasteiger partial charge in [-0.25, -0.2) is 4.57 Å². The Morgan fingerprint density at radius 3 is 0.966 bits per heavy atom. The van der Waals surface area contributed by atoms with E-state index in [1.165, 1.54) is 205 Å². The largest absolute Gasteiger partial charge is 0.472 e. The lowest BCUT2D eigenvalue weighted by Crippen LogP contribution is -2.29. The number of rotatable bonds is 48. The Kier molecular flexibility index (Phi) is 44.8. The second-order valence-electron chi connectivity index (χ2n) is 17.2. The highest BCUT2D eigenvalue weighted by atomic mass is 31.2. The van der Waals surface area contributed by atoms with Gasteiger partial charge >= 0.3 is 19.8 Å². The van der Waals surface area contributed by atoms with Crippen LogP contribution in [-0.2, 0) is 32.7 Å². The number of esters is 2. The monoisotopic (exact) mass is 845 g/mol. The highest BCUT2D eigenvalue weighted by molar-refractivity contribution is 7.47. The smallest absolute Gasteiger partial charge is 0.462 e. The minimum atomic E-state index is -4.28. The standard InChI is InChI=1S/C49H97O8P/c1-4-7-9-11-13-15-17-19-21-23-24-25-26-28-30-32-34-36-38-40-42-44-49(51)57-47(46-56-58(52,53)55-6-3)45-54-48(50)43-41-39-37-35-33-31-29-27-22-20-18-16-14-12-10-8-5-2/h47H,4-46H2,1-3H3,(H,52,53). The van der Waals surface area contributed by atoms with Crippen molar-refractivity contribution in [1.82, 2.24) is 0 Å². The van der Waals surface area contributed by atoms with Gasteiger partial charge < -0.3 is 14.4 Å². The molecule has 1 N–H and O–H groups in total. The van der Waals surface area contributed by atoms with E-state index in [0.29, 0.717) is 6.42 Å². The summed E-state index contributed by atoms with van der Waals surface area (Å²) in [6.45, 7) is 5.55. The summed E-state index contributed by atoms with van der Waals surface area (Å²) in [7, 11) is -4.28. The average molecular weight is 845 g/mol. The number of carbonyl (C=O) groups is 2. The second kappa shape index (κ2) is 45.6. The van der Waals surface area contributed by atoms with Crippen LogP contribution in [0.2, 0.25) is 0 Å². The number of hydrogen-bond acceptors (Lipinski definition) is 7. The summed E-state index contributed by atoms with van der Waals surface area (Å²) in [4.78, 5) is 34.9. The molecule has 0 aliphatic rings. The highest BCUT2D eigenvalue weighted by Crippen LogP contribution is 2.43. The minimum absolute atomic E-state index is 0.00600. The molecule has 0 rings (SSSR count). The Hall–Kier alpha value is -0.950. The van der Waals surface area contributed by atoms with Crippen LogP contribution in [0.25, 0.3) is 0 Å². The van der Waals surface area contributed by atoms with Crippen molar-refractivity contribution in [3.8, 4) is 0 Å². The zero-order valence-electron chi connectivity index (χ0n) is 38.7. The predicted molar refractivity (Wildman–Crippen MR) is 244 cm³/mol. The topological polar surface area (TPSA) is 108 Å². The van der Waals surface area contributed by atoms with Gasteiger partial charge in [0, 0.05) is 12.8 Å². The van der Waals surface area contributed by atoms with Gasteiger partial charge in [-0.2, -0.15) is 0 Å². The van der Waals surface area contributed by atoms with Crippen molar-refractivity contribution in [1.29, 1.82) is 0 Å². The first-order valence-corrected chi connectivity index (χ1v) is 26.8. The van der Waals surface area contributed by atoms with E-state index in [2.05, 4.69) is 13.8 Å². The predicted octanol–water partition coefficient (Wildman–Crippen LogP) is 16.2. The summed E-state index contributed by atoms with van der Waals surface area (Å²) < 4.78 is 32.8. The van der Waals surface area contributed by atoms with E-state index >= 15 is 0 Å². The van der Waals surface area contributed by atoms with Gasteiger partial charge in [0.15, 0.2) is 6.10 Å². The van der Waals surface area contributed by atoms with Gasteiger partial charge in [0.2, 0.25) is 0 Å². The third-order valence-electron chi connectivity index (χ3n) is 11.4. The van der Waals surface area contributed by atoms with E-state index in [0.717, 1.165) is 38.5 Å². The Labute approximate surface area is 359 Å². The highest BCUT2D eigenvalue weighted by Gasteiger charge is 2.25. The first-order chi connectivity index (χ1) is 28.3. The maximum Gasteiger partial charge on any atom is 0.472 e. The Balaban J connectivity index is 3.92. The van der Waals surface area contributed by atoms with Crippen LogP contribution in [0.15, 0.2) is 0 Å². The lowest BCUT2D eigenvalue weighted by Gasteiger charge is -2.19. The molecule has 0 aromatic rings. The van der Waals surface area contributed by atoms with Crippen molar-refractivity contribution in [2.24, 2.45) is 0 Å². The molecule has 0 aromatic heterocycles. The quantitative estimate of drug-likeness (QED) is 0.0366. The second-order valence-corrected chi connectivity index (χ2v) is 18.7. The van der Waals surface area contributed by atoms with E-state index in [4.69, 9.17) is 18.5 Å². The summed E-state index contributed by atoms with van der Waals surface area (Å²) >= 11 is 0. The Bertz CT molecular complexity index is 915. The number of phosphoric acid groups is 1. The first kappa shape index (κ1) is 57.1. The number of unbranched alkanes of at least 4 members (excludes halogenated alkanes) is 36. The maximum absolute atomic E-state index is 12.6. The Morgan fingerprint density at radius 2 is 0.672 bits per heavy atom. The van der Waals surface area contributed by atoms with Crippen molar-refractivity contribution in [3.63, 3.8) is 0 Å². The molecule has 0 bridgehead atoms. The first-order valence-electron chi connectivity index (χ1n) is 25.3. The molecule has 0 radical (unpaired) electrons. The number of hydrogen-bond donors (Lipinski definition) is 1. The van der Waals surface area contributed by atoms with Crippen molar-refractivity contribution >= 4 is 19.8 Å². The average Bonchev–Trinajstić information content (AvgIpc) is 3.20. The molecule has 0 fully saturated rings. The van der Waals surface area contributed by atoms with Crippen molar-refractivity contribution in [3.05, 3.63) is 0 Å². The van der Waals surface area contributed by atoms with Gasteiger partial charge in [0.1, 0.15) is 6.61 Å². The van der Waals surface area contributed by atoms with Crippen molar-refractivity contribution in [2.45, 2.75) is 284 Å². The van der Waals surface area contributed by atoms with Gasteiger partial charge in [0.25, 0.3) is 0 Å². The van der Waals surface area contributed by atoms with Gasteiger partial charge in [-0.1, -0.05) is 245 Å². The van der Waals surface area contributed by atoms with Crippen LogP contribution in [0.4, 0.5) is 0 Å². The fourth-order valence-corrected chi connectivity index (χ4v) is 8.45. The van der Waals surface area contributed by atoms with Gasteiger partial charge in [-0.05, 0) is 19.8 Å². The van der Waals surface area contributed by atoms with E-state index in [1.54, 1.807) is 6.92 Å². The normalized spacial score (nSPS) is 13.1. The SMILES string of the molecule is CCCCCCCCCCCCCCCCCCCCCCCC(=O)OC(COC(=O)CCCCCCCCCCCCCCCCCCC)COP(=O)(O)OCC. The molecule has 346 valence electrons. The molecule has 58 heavy (non-hydrogen) atoms. The number of phosphoric ester groups is 1. The number of carbonyl (C=O) groups excluding carboxylic acids is 2. The lowest BCUT2D eigenvalue weighted by atomic mass is 10.0. The fourth-order valence-electron chi connectivity index (χ4n) is 7.69. The number of ether oxygens (including phenoxy) is 2. The molecule has 0 heterocycles. The summed E-state index contributed by atoms with van der Waals surface area (Å²) in [5.41, 5.74) is 0. The van der Waals surface area contributed by atoms with Crippen molar-refractivity contribution in [2.75, 3.05) is 19.8 Å². The molecular formula is C49H97O8P. The van der Waals surface area contributed by atoms with E-state index in [1.807, 2.05) is 0 Å². The minimum Gasteiger partial charge on any atom is -0.462 e. The molecule has 0 aliphatic carbocycles. The van der Waals surface area contributed by atoms with Crippen LogP contribution in [-0.4, -0.2) is 42.8 Å². The molecule has 0 saturated heterocycles. The third-order valence-corrected chi connectivity index (χ3v) is 12.5. The molecular weight excluding hydrogens is 748 g/mol. The third kappa shape index (κ3) is 44.6. The molecule has 2 atom stereocenters. The van der Waals surface area contributed by atoms with E-state index in [9.17, 15) is 19.0 Å². The molecule has 0 aromatic carbocycles. The van der Waals surface area contributed by atoms with Crippen molar-refractivity contribution < 1.29 is 37.6 Å². The van der Waals surface area contributed by atoms with Crippen LogP contribution in [0.3, 0.4) is 0 Å². The van der Waals surface area contributed by atoms with E-state index in [-0.39, 0.29) is 32.2 Å². The lowest BCUT2D eigenvalue weighted by molar-refractivity contribution is -0.161. The molecule has 8 nitrogen and oxygen atoms in total. The molecule has 0 aliphatic heterocycles. The summed E-state index contributed by atoms with van der Waals surface area (Å²) in [6, 6.07) is 0. The Morgan fingerprint density at radius 1 is 0.397 bits per heavy atom. The van der Waals surface area contributed by atoms with Crippen LogP contribution in [0.5, 0.6) is 0 Å². The molecule has 9 heteroatoms. The molecule has 0 spiro atoms. The van der Waals surface area contributed by atoms with Gasteiger partial charge in [0.05, 0.1) is 13.2 Å². The molecule has 0 saturated carbocycles. The summed E-state index contributed by atoms with van der Waals surface area (Å²) in [5.74, 6) is -0.775. The summed E-state index contributed by atoms with van der Waals surface area (Å²) in [6.07, 6.45) is 48.8. The van der Waals surface area contributed by atoms with Crippen LogP contribution in [0.1, 0.15) is 278 Å². The van der Waals surface area contributed by atoms with Crippen LogP contribution in [0, 0.1) is 0 Å². The van der Waals surface area contributed by atoms with Crippen LogP contribution >= 0.6 is 7.82 Å². The van der Waals surface area contributed by atoms with E-state index < -0.39 is 19.9 Å². The zero-order chi connectivity index (χ0) is 42.5.